The van der Waals surface area contributed by atoms with Gasteiger partial charge in [-0.15, -0.1) is 5.10 Å². The highest BCUT2D eigenvalue weighted by Gasteiger charge is 1.87. The van der Waals surface area contributed by atoms with Crippen LogP contribution in [0.5, 0.6) is 0 Å². The zero-order valence-corrected chi connectivity index (χ0v) is 6.35. The molecular weight excluding hydrogens is 142 g/mol. The van der Waals surface area contributed by atoms with Crippen molar-refractivity contribution >= 4 is 6.21 Å². The average molecular weight is 153 g/mol. The number of hydrogen-bond donors (Lipinski definition) is 0. The molecule has 0 aromatic rings. The van der Waals surface area contributed by atoms with E-state index < -0.39 is 0 Å². The largest absolute Gasteiger partial charge is 0.167 e. The first-order valence-electron chi connectivity index (χ1n) is 3.78. The van der Waals surface area contributed by atoms with Crippen LogP contribution in [0.1, 0.15) is 25.7 Å². The Morgan fingerprint density at radius 2 is 1.91 bits per heavy atom. The van der Waals surface area contributed by atoms with Gasteiger partial charge in [0.1, 0.15) is 0 Å². The van der Waals surface area contributed by atoms with Crippen molar-refractivity contribution in [3.8, 4) is 0 Å². The molecule has 0 aliphatic carbocycles. The summed E-state index contributed by atoms with van der Waals surface area (Å²) < 4.78 is 0. The Bertz CT molecular complexity index is 154. The summed E-state index contributed by atoms with van der Waals surface area (Å²) in [6, 6.07) is 0. The molecule has 0 unspecified atom stereocenters. The summed E-state index contributed by atoms with van der Waals surface area (Å²) in [4.78, 5) is 0. The summed E-state index contributed by atoms with van der Waals surface area (Å²) >= 11 is 0. The Morgan fingerprint density at radius 3 is 2.91 bits per heavy atom. The molecule has 0 atom stereocenters. The van der Waals surface area contributed by atoms with Gasteiger partial charge in [-0.3, -0.25) is 0 Å². The van der Waals surface area contributed by atoms with Crippen LogP contribution in [-0.2, 0) is 0 Å². The van der Waals surface area contributed by atoms with E-state index in [4.69, 9.17) is 0 Å². The van der Waals surface area contributed by atoms with Crippen molar-refractivity contribution in [3.63, 3.8) is 0 Å². The summed E-state index contributed by atoms with van der Waals surface area (Å²) in [5.74, 6) is 0. The maximum atomic E-state index is 3.76. The molecule has 0 spiro atoms. The minimum absolute atomic E-state index is 0.749. The Kier molecular flexibility index (Phi) is 4.09. The molecule has 1 aliphatic rings. The zero-order valence-electron chi connectivity index (χ0n) is 6.35. The topological polar surface area (TPSA) is 61.8 Å². The van der Waals surface area contributed by atoms with Gasteiger partial charge in [0.2, 0.25) is 0 Å². The Morgan fingerprint density at radius 1 is 0.909 bits per heavy atom. The highest BCUT2D eigenvalue weighted by Crippen LogP contribution is 1.99. The molecule has 0 aromatic carbocycles. The van der Waals surface area contributed by atoms with E-state index in [0.717, 1.165) is 25.8 Å². The third kappa shape index (κ3) is 4.30. The van der Waals surface area contributed by atoms with Crippen molar-refractivity contribution in [2.45, 2.75) is 25.7 Å². The van der Waals surface area contributed by atoms with Crippen LogP contribution in [0, 0.1) is 0 Å². The van der Waals surface area contributed by atoms with Crippen LogP contribution in [0.25, 0.3) is 0 Å². The van der Waals surface area contributed by atoms with Crippen molar-refractivity contribution in [1.82, 2.24) is 0 Å². The van der Waals surface area contributed by atoms with Gasteiger partial charge in [0, 0.05) is 6.21 Å². The molecule has 0 aromatic heterocycles. The van der Waals surface area contributed by atoms with Gasteiger partial charge in [0.15, 0.2) is 0 Å². The van der Waals surface area contributed by atoms with Crippen LogP contribution in [0.3, 0.4) is 0 Å². The van der Waals surface area contributed by atoms with Crippen molar-refractivity contribution in [3.05, 3.63) is 0 Å². The first-order chi connectivity index (χ1) is 5.50. The molecule has 0 bridgehead atoms. The molecule has 0 amide bonds. The van der Waals surface area contributed by atoms with E-state index in [1.54, 1.807) is 6.21 Å². The summed E-state index contributed by atoms with van der Waals surface area (Å²) in [6.07, 6.45) is 6.12. The Balaban J connectivity index is 2.36. The number of rotatable bonds is 0. The Labute approximate surface area is 65.3 Å². The number of hydrogen-bond acceptors (Lipinski definition) is 5. The lowest BCUT2D eigenvalue weighted by Crippen LogP contribution is -1.81. The van der Waals surface area contributed by atoms with Gasteiger partial charge < -0.3 is 0 Å². The van der Waals surface area contributed by atoms with E-state index >= 15 is 0 Å². The van der Waals surface area contributed by atoms with Gasteiger partial charge in [-0.05, 0) is 34.9 Å². The normalized spacial score (nSPS) is 28.4. The minimum Gasteiger partial charge on any atom is -0.167 e. The van der Waals surface area contributed by atoms with E-state index in [9.17, 15) is 0 Å². The van der Waals surface area contributed by atoms with Crippen molar-refractivity contribution in [1.29, 1.82) is 0 Å². The van der Waals surface area contributed by atoms with Gasteiger partial charge in [-0.2, -0.15) is 5.11 Å². The average Bonchev–Trinajstić information content (AvgIpc) is 2.08. The molecule has 11 heavy (non-hydrogen) atoms. The SMILES string of the molecule is C1=N/N=N/N=N\CCCCC\1. The number of nitrogens with zero attached hydrogens (tertiary/aromatic N) is 5. The fraction of sp³-hybridized carbons (Fsp3) is 0.833. The molecule has 0 radical (unpaired) electrons. The lowest BCUT2D eigenvalue weighted by Gasteiger charge is -1.91. The predicted octanol–water partition coefficient (Wildman–Crippen LogP) is 2.37. The first-order valence-corrected chi connectivity index (χ1v) is 3.78. The van der Waals surface area contributed by atoms with Crippen LogP contribution >= 0.6 is 0 Å². The fourth-order valence-electron chi connectivity index (χ4n) is 0.803. The molecule has 5 nitrogen and oxygen atoms in total. The van der Waals surface area contributed by atoms with Crippen molar-refractivity contribution in [2.75, 3.05) is 6.54 Å². The van der Waals surface area contributed by atoms with Gasteiger partial charge in [0.25, 0.3) is 0 Å². The van der Waals surface area contributed by atoms with Gasteiger partial charge >= 0.3 is 0 Å². The molecule has 1 aliphatic heterocycles. The third-order valence-corrected chi connectivity index (χ3v) is 1.37. The van der Waals surface area contributed by atoms with E-state index in [-0.39, 0.29) is 0 Å². The smallest absolute Gasteiger partial charge is 0.0621 e. The quantitative estimate of drug-likeness (QED) is 0.513. The van der Waals surface area contributed by atoms with E-state index in [2.05, 4.69) is 25.9 Å². The molecule has 60 valence electrons. The Hall–Kier alpha value is -1.13. The summed E-state index contributed by atoms with van der Waals surface area (Å²) in [7, 11) is 0. The maximum absolute atomic E-state index is 3.76. The minimum atomic E-state index is 0.749. The standard InChI is InChI=1S/C6H11N5/c1-2-4-6-8-10-11-9-7-5-3-1/h5H,1-4,6H2/b7-5-,10-8-,11-9+. The monoisotopic (exact) mass is 153 g/mol. The molecule has 1 heterocycles. The fourth-order valence-corrected chi connectivity index (χ4v) is 0.803. The molecule has 0 fully saturated rings. The van der Waals surface area contributed by atoms with Crippen molar-refractivity contribution in [2.24, 2.45) is 25.9 Å². The van der Waals surface area contributed by atoms with Crippen molar-refractivity contribution < 1.29 is 0 Å². The zero-order chi connectivity index (χ0) is 7.78. The van der Waals surface area contributed by atoms with Gasteiger partial charge in [-0.25, -0.2) is 0 Å². The second-order valence-electron chi connectivity index (χ2n) is 2.28. The van der Waals surface area contributed by atoms with Crippen LogP contribution in [0.2, 0.25) is 0 Å². The molecule has 0 N–H and O–H groups in total. The maximum Gasteiger partial charge on any atom is 0.0621 e. The van der Waals surface area contributed by atoms with Crippen LogP contribution < -0.4 is 0 Å². The van der Waals surface area contributed by atoms with E-state index in [1.807, 2.05) is 0 Å². The molecular formula is C6H11N5. The molecule has 5 heteroatoms. The third-order valence-electron chi connectivity index (χ3n) is 1.37. The summed E-state index contributed by atoms with van der Waals surface area (Å²) in [5, 5.41) is 17.6. The lowest BCUT2D eigenvalue weighted by molar-refractivity contribution is 0.689. The van der Waals surface area contributed by atoms with Crippen LogP contribution in [0.4, 0.5) is 0 Å². The van der Waals surface area contributed by atoms with Gasteiger partial charge in [0.05, 0.1) is 6.54 Å². The second kappa shape index (κ2) is 5.64. The van der Waals surface area contributed by atoms with E-state index in [1.165, 1.54) is 6.42 Å². The second-order valence-corrected chi connectivity index (χ2v) is 2.28. The predicted molar refractivity (Wildman–Crippen MR) is 41.5 cm³/mol. The van der Waals surface area contributed by atoms with Gasteiger partial charge in [-0.1, -0.05) is 6.42 Å². The lowest BCUT2D eigenvalue weighted by atomic mass is 10.2. The highest BCUT2D eigenvalue weighted by atomic mass is 15.5. The van der Waals surface area contributed by atoms with Crippen LogP contribution in [0.15, 0.2) is 25.9 Å². The van der Waals surface area contributed by atoms with Crippen LogP contribution in [-0.4, -0.2) is 12.8 Å². The summed E-state index contributed by atoms with van der Waals surface area (Å²) in [5.41, 5.74) is 0. The van der Waals surface area contributed by atoms with E-state index in [0.29, 0.717) is 0 Å². The molecule has 1 rings (SSSR count). The first kappa shape index (κ1) is 7.97. The summed E-state index contributed by atoms with van der Waals surface area (Å²) in [6.45, 7) is 0.749. The highest BCUT2D eigenvalue weighted by molar-refractivity contribution is 5.56. The molecule has 0 saturated heterocycles. The molecule has 0 saturated carbocycles.